The lowest BCUT2D eigenvalue weighted by Crippen LogP contribution is -2.36. The van der Waals surface area contributed by atoms with Crippen LogP contribution in [0.2, 0.25) is 0 Å². The van der Waals surface area contributed by atoms with Crippen molar-refractivity contribution in [1.29, 1.82) is 0 Å². The number of carbonyl (C=O) groups is 2. The minimum absolute atomic E-state index is 0.0504. The quantitative estimate of drug-likeness (QED) is 0.801. The van der Waals surface area contributed by atoms with Gasteiger partial charge in [-0.05, 0) is 12.5 Å². The number of nitrogens with zero attached hydrogens (tertiary/aromatic N) is 3. The third-order valence-corrected chi connectivity index (χ3v) is 3.42. The predicted molar refractivity (Wildman–Crippen MR) is 73.6 cm³/mol. The SMILES string of the molecule is COc1ccc(C(=O)N2CCCN(C(C)=O)CC2)cn1. The molecule has 1 fully saturated rings. The lowest BCUT2D eigenvalue weighted by molar-refractivity contribution is -0.128. The van der Waals surface area contributed by atoms with Gasteiger partial charge in [0.1, 0.15) is 0 Å². The van der Waals surface area contributed by atoms with Crippen LogP contribution in [0.25, 0.3) is 0 Å². The van der Waals surface area contributed by atoms with Gasteiger partial charge >= 0.3 is 0 Å². The summed E-state index contributed by atoms with van der Waals surface area (Å²) in [5, 5.41) is 0. The second-order valence-corrected chi connectivity index (χ2v) is 4.74. The van der Waals surface area contributed by atoms with Crippen molar-refractivity contribution in [2.45, 2.75) is 13.3 Å². The fourth-order valence-electron chi connectivity index (χ4n) is 2.25. The zero-order valence-corrected chi connectivity index (χ0v) is 11.8. The van der Waals surface area contributed by atoms with E-state index in [9.17, 15) is 9.59 Å². The Labute approximate surface area is 118 Å². The molecule has 0 saturated carbocycles. The van der Waals surface area contributed by atoms with Crippen LogP contribution in [0.15, 0.2) is 18.3 Å². The minimum Gasteiger partial charge on any atom is -0.481 e. The van der Waals surface area contributed by atoms with Gasteiger partial charge in [-0.25, -0.2) is 4.98 Å². The van der Waals surface area contributed by atoms with Crippen LogP contribution in [-0.2, 0) is 4.79 Å². The van der Waals surface area contributed by atoms with Crippen molar-refractivity contribution >= 4 is 11.8 Å². The van der Waals surface area contributed by atoms with E-state index >= 15 is 0 Å². The molecule has 0 radical (unpaired) electrons. The van der Waals surface area contributed by atoms with E-state index in [0.29, 0.717) is 37.6 Å². The maximum Gasteiger partial charge on any atom is 0.255 e. The molecular weight excluding hydrogens is 258 g/mol. The molecule has 0 spiro atoms. The Morgan fingerprint density at radius 2 is 1.85 bits per heavy atom. The number of rotatable bonds is 2. The number of carbonyl (C=O) groups excluding carboxylic acids is 2. The van der Waals surface area contributed by atoms with Crippen LogP contribution in [0.4, 0.5) is 0 Å². The number of aromatic nitrogens is 1. The Bertz CT molecular complexity index is 487. The van der Waals surface area contributed by atoms with Gasteiger partial charge in [0.15, 0.2) is 0 Å². The van der Waals surface area contributed by atoms with E-state index in [0.717, 1.165) is 6.42 Å². The number of methoxy groups -OCH3 is 1. The van der Waals surface area contributed by atoms with E-state index in [1.165, 1.54) is 13.3 Å². The van der Waals surface area contributed by atoms with Crippen LogP contribution >= 0.6 is 0 Å². The molecule has 0 aromatic carbocycles. The fourth-order valence-corrected chi connectivity index (χ4v) is 2.25. The Morgan fingerprint density at radius 1 is 1.15 bits per heavy atom. The molecule has 0 aliphatic carbocycles. The van der Waals surface area contributed by atoms with E-state index in [1.807, 2.05) is 0 Å². The van der Waals surface area contributed by atoms with Crippen molar-refractivity contribution in [2.24, 2.45) is 0 Å². The highest BCUT2D eigenvalue weighted by Crippen LogP contribution is 2.11. The third kappa shape index (κ3) is 3.26. The number of pyridine rings is 1. The average Bonchev–Trinajstić information content (AvgIpc) is 2.72. The van der Waals surface area contributed by atoms with Crippen molar-refractivity contribution in [3.8, 4) is 5.88 Å². The van der Waals surface area contributed by atoms with E-state index < -0.39 is 0 Å². The standard InChI is InChI=1S/C14H19N3O3/c1-11(18)16-6-3-7-17(9-8-16)14(19)12-4-5-13(20-2)15-10-12/h4-5,10H,3,6-9H2,1-2H3. The van der Waals surface area contributed by atoms with Crippen molar-refractivity contribution in [3.63, 3.8) is 0 Å². The van der Waals surface area contributed by atoms with Gasteiger partial charge < -0.3 is 14.5 Å². The van der Waals surface area contributed by atoms with Crippen molar-refractivity contribution in [3.05, 3.63) is 23.9 Å². The Hall–Kier alpha value is -2.11. The molecule has 2 amide bonds. The highest BCUT2D eigenvalue weighted by molar-refractivity contribution is 5.94. The lowest BCUT2D eigenvalue weighted by Gasteiger charge is -2.21. The number of ether oxygens (including phenoxy) is 1. The number of amides is 2. The van der Waals surface area contributed by atoms with Crippen LogP contribution in [-0.4, -0.2) is 59.9 Å². The van der Waals surface area contributed by atoms with E-state index in [4.69, 9.17) is 4.74 Å². The summed E-state index contributed by atoms with van der Waals surface area (Å²) in [6.45, 7) is 4.08. The first-order valence-corrected chi connectivity index (χ1v) is 6.66. The molecule has 2 heterocycles. The van der Waals surface area contributed by atoms with Crippen LogP contribution in [0.3, 0.4) is 0 Å². The fraction of sp³-hybridized carbons (Fsp3) is 0.500. The van der Waals surface area contributed by atoms with Gasteiger partial charge in [-0.1, -0.05) is 0 Å². The van der Waals surface area contributed by atoms with E-state index in [-0.39, 0.29) is 11.8 Å². The Morgan fingerprint density at radius 3 is 2.45 bits per heavy atom. The molecule has 108 valence electrons. The summed E-state index contributed by atoms with van der Waals surface area (Å²) in [5.41, 5.74) is 0.544. The van der Waals surface area contributed by atoms with Crippen molar-refractivity contribution in [1.82, 2.24) is 14.8 Å². The molecule has 1 aromatic heterocycles. The lowest BCUT2D eigenvalue weighted by atomic mass is 10.2. The maximum absolute atomic E-state index is 12.4. The van der Waals surface area contributed by atoms with Gasteiger partial charge in [-0.2, -0.15) is 0 Å². The van der Waals surface area contributed by atoms with Gasteiger partial charge in [0.2, 0.25) is 11.8 Å². The van der Waals surface area contributed by atoms with Gasteiger partial charge in [-0.15, -0.1) is 0 Å². The molecule has 2 rings (SSSR count). The first-order valence-electron chi connectivity index (χ1n) is 6.66. The van der Waals surface area contributed by atoms with Crippen LogP contribution in [0, 0.1) is 0 Å². The molecule has 0 atom stereocenters. The molecule has 20 heavy (non-hydrogen) atoms. The topological polar surface area (TPSA) is 62.7 Å². The first-order chi connectivity index (χ1) is 9.61. The molecule has 0 unspecified atom stereocenters. The van der Waals surface area contributed by atoms with Gasteiger partial charge in [0.25, 0.3) is 5.91 Å². The first kappa shape index (κ1) is 14.3. The minimum atomic E-state index is -0.0504. The van der Waals surface area contributed by atoms with Gasteiger partial charge in [0.05, 0.1) is 12.7 Å². The average molecular weight is 277 g/mol. The third-order valence-electron chi connectivity index (χ3n) is 3.42. The summed E-state index contributed by atoms with van der Waals surface area (Å²) < 4.78 is 4.97. The second kappa shape index (κ2) is 6.36. The molecular formula is C14H19N3O3. The second-order valence-electron chi connectivity index (χ2n) is 4.74. The Balaban J connectivity index is 2.03. The van der Waals surface area contributed by atoms with Crippen LogP contribution in [0.5, 0.6) is 5.88 Å². The smallest absolute Gasteiger partial charge is 0.255 e. The summed E-state index contributed by atoms with van der Waals surface area (Å²) in [4.78, 5) is 31.3. The summed E-state index contributed by atoms with van der Waals surface area (Å²) in [6.07, 6.45) is 2.32. The normalized spacial score (nSPS) is 15.7. The maximum atomic E-state index is 12.4. The summed E-state index contributed by atoms with van der Waals surface area (Å²) in [7, 11) is 1.54. The van der Waals surface area contributed by atoms with E-state index in [1.54, 1.807) is 28.9 Å². The highest BCUT2D eigenvalue weighted by Gasteiger charge is 2.21. The van der Waals surface area contributed by atoms with Crippen molar-refractivity contribution in [2.75, 3.05) is 33.3 Å². The number of hydrogen-bond donors (Lipinski definition) is 0. The summed E-state index contributed by atoms with van der Waals surface area (Å²) >= 11 is 0. The molecule has 6 nitrogen and oxygen atoms in total. The molecule has 0 N–H and O–H groups in total. The molecule has 1 saturated heterocycles. The zero-order chi connectivity index (χ0) is 14.5. The Kier molecular flexibility index (Phi) is 4.55. The monoisotopic (exact) mass is 277 g/mol. The highest BCUT2D eigenvalue weighted by atomic mass is 16.5. The summed E-state index contributed by atoms with van der Waals surface area (Å²) in [6, 6.07) is 3.38. The largest absolute Gasteiger partial charge is 0.481 e. The van der Waals surface area contributed by atoms with Gasteiger partial charge in [-0.3, -0.25) is 9.59 Å². The van der Waals surface area contributed by atoms with Crippen molar-refractivity contribution < 1.29 is 14.3 Å². The summed E-state index contributed by atoms with van der Waals surface area (Å²) in [5.74, 6) is 0.496. The molecule has 1 aromatic rings. The molecule has 6 heteroatoms. The number of hydrogen-bond acceptors (Lipinski definition) is 4. The van der Waals surface area contributed by atoms with E-state index in [2.05, 4.69) is 4.98 Å². The zero-order valence-electron chi connectivity index (χ0n) is 11.8. The van der Waals surface area contributed by atoms with Crippen LogP contribution in [0.1, 0.15) is 23.7 Å². The van der Waals surface area contributed by atoms with Crippen LogP contribution < -0.4 is 4.74 Å². The molecule has 1 aliphatic heterocycles. The molecule has 1 aliphatic rings. The predicted octanol–water partition coefficient (Wildman–Crippen LogP) is 0.785. The van der Waals surface area contributed by atoms with Gasteiger partial charge in [0, 0.05) is 45.4 Å². The molecule has 0 bridgehead atoms.